The van der Waals surface area contributed by atoms with Gasteiger partial charge < -0.3 is 14.6 Å². The highest BCUT2D eigenvalue weighted by Gasteiger charge is 2.20. The van der Waals surface area contributed by atoms with Crippen LogP contribution in [0.25, 0.3) is 0 Å². The van der Waals surface area contributed by atoms with Gasteiger partial charge in [0.2, 0.25) is 0 Å². The third-order valence-corrected chi connectivity index (χ3v) is 2.96. The summed E-state index contributed by atoms with van der Waals surface area (Å²) in [7, 11) is 1.36. The molecule has 1 aliphatic carbocycles. The molecular formula is C13H16O4. The van der Waals surface area contributed by atoms with Gasteiger partial charge in [-0.1, -0.05) is 6.07 Å². The predicted octanol–water partition coefficient (Wildman–Crippen LogP) is 1.61. The average Bonchev–Trinajstić information content (AvgIpc) is 2.70. The van der Waals surface area contributed by atoms with E-state index in [4.69, 9.17) is 4.74 Å². The molecule has 17 heavy (non-hydrogen) atoms. The maximum atomic E-state index is 10.9. The summed E-state index contributed by atoms with van der Waals surface area (Å²) in [6.07, 6.45) is 1.57. The topological polar surface area (TPSA) is 55.8 Å². The molecule has 0 radical (unpaired) electrons. The first-order valence-corrected chi connectivity index (χ1v) is 5.71. The normalized spacial score (nSPS) is 17.6. The molecule has 0 saturated carbocycles. The fraction of sp³-hybridized carbons (Fsp3) is 0.462. The van der Waals surface area contributed by atoms with Crippen molar-refractivity contribution in [1.29, 1.82) is 0 Å². The van der Waals surface area contributed by atoms with Crippen LogP contribution in [0.4, 0.5) is 0 Å². The van der Waals surface area contributed by atoms with E-state index in [1.165, 1.54) is 7.11 Å². The Bertz CT molecular complexity index is 414. The van der Waals surface area contributed by atoms with Crippen molar-refractivity contribution in [2.45, 2.75) is 25.4 Å². The molecule has 4 nitrogen and oxygen atoms in total. The molecule has 0 spiro atoms. The minimum absolute atomic E-state index is 0.246. The third-order valence-electron chi connectivity index (χ3n) is 2.96. The highest BCUT2D eigenvalue weighted by molar-refractivity contribution is 5.69. The van der Waals surface area contributed by atoms with Gasteiger partial charge in [-0.05, 0) is 36.1 Å². The van der Waals surface area contributed by atoms with Gasteiger partial charge in [-0.3, -0.25) is 4.79 Å². The first kappa shape index (κ1) is 11.9. The molecular weight excluding hydrogens is 220 g/mol. The van der Waals surface area contributed by atoms with Crippen molar-refractivity contribution in [3.05, 3.63) is 29.3 Å². The van der Waals surface area contributed by atoms with Crippen molar-refractivity contribution in [2.75, 3.05) is 13.7 Å². The molecule has 1 aliphatic rings. The van der Waals surface area contributed by atoms with E-state index in [0.717, 1.165) is 29.7 Å². The quantitative estimate of drug-likeness (QED) is 0.807. The number of carbonyl (C=O) groups is 1. The summed E-state index contributed by atoms with van der Waals surface area (Å²) in [6, 6.07) is 5.65. The lowest BCUT2D eigenvalue weighted by molar-refractivity contribution is -0.141. The van der Waals surface area contributed by atoms with E-state index in [1.54, 1.807) is 0 Å². The predicted molar refractivity (Wildman–Crippen MR) is 61.9 cm³/mol. The van der Waals surface area contributed by atoms with Crippen molar-refractivity contribution in [3.8, 4) is 5.75 Å². The Balaban J connectivity index is 1.92. The maximum absolute atomic E-state index is 10.9. The number of hydrogen-bond acceptors (Lipinski definition) is 4. The van der Waals surface area contributed by atoms with Gasteiger partial charge in [-0.25, -0.2) is 0 Å². The van der Waals surface area contributed by atoms with Gasteiger partial charge in [0.1, 0.15) is 5.75 Å². The standard InChI is InChI=1S/C13H16O4/c1-16-13(15)6-7-17-10-3-4-11-9(8-10)2-5-12(11)14/h3-4,8,12,14H,2,5-7H2,1H3/t12-/m0/s1. The van der Waals surface area contributed by atoms with E-state index < -0.39 is 0 Å². The number of methoxy groups -OCH3 is 1. The summed E-state index contributed by atoms with van der Waals surface area (Å²) in [6.45, 7) is 0.314. The summed E-state index contributed by atoms with van der Waals surface area (Å²) in [5.41, 5.74) is 2.12. The van der Waals surface area contributed by atoms with Gasteiger partial charge in [0.05, 0.1) is 26.2 Å². The van der Waals surface area contributed by atoms with E-state index >= 15 is 0 Å². The van der Waals surface area contributed by atoms with E-state index in [2.05, 4.69) is 4.74 Å². The number of esters is 1. The van der Waals surface area contributed by atoms with Crippen LogP contribution < -0.4 is 4.74 Å². The third kappa shape index (κ3) is 2.77. The molecule has 92 valence electrons. The monoisotopic (exact) mass is 236 g/mol. The summed E-state index contributed by atoms with van der Waals surface area (Å²) in [5.74, 6) is 0.461. The number of rotatable bonds is 4. The number of fused-ring (bicyclic) bond motifs is 1. The van der Waals surface area contributed by atoms with Gasteiger partial charge in [0.15, 0.2) is 0 Å². The molecule has 1 N–H and O–H groups in total. The molecule has 0 aliphatic heterocycles. The van der Waals surface area contributed by atoms with Crippen molar-refractivity contribution < 1.29 is 19.4 Å². The second-order valence-corrected chi connectivity index (χ2v) is 4.09. The Morgan fingerprint density at radius 2 is 2.35 bits per heavy atom. The Hall–Kier alpha value is -1.55. The lowest BCUT2D eigenvalue weighted by atomic mass is 10.1. The largest absolute Gasteiger partial charge is 0.493 e. The van der Waals surface area contributed by atoms with Crippen LogP contribution >= 0.6 is 0 Å². The second-order valence-electron chi connectivity index (χ2n) is 4.09. The molecule has 0 saturated heterocycles. The highest BCUT2D eigenvalue weighted by Crippen LogP contribution is 2.33. The Morgan fingerprint density at radius 1 is 1.53 bits per heavy atom. The molecule has 1 aromatic carbocycles. The molecule has 0 fully saturated rings. The van der Waals surface area contributed by atoms with Crippen molar-refractivity contribution in [2.24, 2.45) is 0 Å². The van der Waals surface area contributed by atoms with E-state index in [-0.39, 0.29) is 18.5 Å². The molecule has 0 amide bonds. The Morgan fingerprint density at radius 3 is 3.12 bits per heavy atom. The minimum Gasteiger partial charge on any atom is -0.493 e. The molecule has 2 rings (SSSR count). The van der Waals surface area contributed by atoms with E-state index in [0.29, 0.717) is 6.61 Å². The number of aliphatic hydroxyl groups is 1. The van der Waals surface area contributed by atoms with Crippen LogP contribution in [0.15, 0.2) is 18.2 Å². The Labute approximate surface area is 100 Å². The number of benzene rings is 1. The van der Waals surface area contributed by atoms with E-state index in [9.17, 15) is 9.90 Å². The summed E-state index contributed by atoms with van der Waals surface area (Å²) in [4.78, 5) is 10.9. The average molecular weight is 236 g/mol. The van der Waals surface area contributed by atoms with Gasteiger partial charge >= 0.3 is 5.97 Å². The van der Waals surface area contributed by atoms with Crippen LogP contribution in [-0.2, 0) is 16.0 Å². The number of hydrogen-bond donors (Lipinski definition) is 1. The molecule has 0 heterocycles. The van der Waals surface area contributed by atoms with Crippen LogP contribution in [-0.4, -0.2) is 24.8 Å². The lowest BCUT2D eigenvalue weighted by Gasteiger charge is -2.08. The summed E-state index contributed by atoms with van der Waals surface area (Å²) < 4.78 is 9.98. The Kier molecular flexibility index (Phi) is 3.64. The zero-order valence-electron chi connectivity index (χ0n) is 9.81. The summed E-state index contributed by atoms with van der Waals surface area (Å²) >= 11 is 0. The van der Waals surface area contributed by atoms with Gasteiger partial charge in [-0.2, -0.15) is 0 Å². The molecule has 1 atom stereocenters. The van der Waals surface area contributed by atoms with Crippen molar-refractivity contribution in [1.82, 2.24) is 0 Å². The van der Waals surface area contributed by atoms with Crippen LogP contribution in [0.3, 0.4) is 0 Å². The number of aryl methyl sites for hydroxylation is 1. The van der Waals surface area contributed by atoms with Gasteiger partial charge in [0.25, 0.3) is 0 Å². The molecule has 0 unspecified atom stereocenters. The fourth-order valence-corrected chi connectivity index (χ4v) is 2.02. The van der Waals surface area contributed by atoms with Crippen LogP contribution in [0.5, 0.6) is 5.75 Å². The summed E-state index contributed by atoms with van der Waals surface area (Å²) in [5, 5.41) is 9.65. The second kappa shape index (κ2) is 5.19. The lowest BCUT2D eigenvalue weighted by Crippen LogP contribution is -2.07. The molecule has 1 aromatic rings. The van der Waals surface area contributed by atoms with Crippen molar-refractivity contribution in [3.63, 3.8) is 0 Å². The zero-order valence-corrected chi connectivity index (χ0v) is 9.81. The minimum atomic E-state index is -0.339. The van der Waals surface area contributed by atoms with Gasteiger partial charge in [-0.15, -0.1) is 0 Å². The van der Waals surface area contributed by atoms with Gasteiger partial charge in [0, 0.05) is 0 Å². The van der Waals surface area contributed by atoms with Crippen LogP contribution in [0.2, 0.25) is 0 Å². The van der Waals surface area contributed by atoms with E-state index in [1.807, 2.05) is 18.2 Å². The number of ether oxygens (including phenoxy) is 2. The van der Waals surface area contributed by atoms with Crippen molar-refractivity contribution >= 4 is 5.97 Å². The zero-order chi connectivity index (χ0) is 12.3. The van der Waals surface area contributed by atoms with Crippen LogP contribution in [0, 0.1) is 0 Å². The smallest absolute Gasteiger partial charge is 0.308 e. The maximum Gasteiger partial charge on any atom is 0.308 e. The molecule has 0 bridgehead atoms. The molecule has 0 aromatic heterocycles. The first-order chi connectivity index (χ1) is 8.20. The number of aliphatic hydroxyl groups excluding tert-OH is 1. The first-order valence-electron chi connectivity index (χ1n) is 5.71. The molecule has 4 heteroatoms. The highest BCUT2D eigenvalue weighted by atomic mass is 16.5. The number of carbonyl (C=O) groups excluding carboxylic acids is 1. The SMILES string of the molecule is COC(=O)CCOc1ccc2c(c1)CC[C@@H]2O. The fourth-order valence-electron chi connectivity index (χ4n) is 2.02. The van der Waals surface area contributed by atoms with Crippen LogP contribution in [0.1, 0.15) is 30.1 Å².